The molecule has 0 aliphatic heterocycles. The third-order valence-corrected chi connectivity index (χ3v) is 3.57. The van der Waals surface area contributed by atoms with Crippen LogP contribution in [-0.4, -0.2) is 22.1 Å². The number of rotatable bonds is 4. The summed E-state index contributed by atoms with van der Waals surface area (Å²) in [6, 6.07) is 4.60. The molecule has 0 fully saturated rings. The van der Waals surface area contributed by atoms with E-state index in [1.807, 2.05) is 6.92 Å². The minimum Gasteiger partial charge on any atom is -0.461 e. The van der Waals surface area contributed by atoms with Gasteiger partial charge in [0.25, 0.3) is 0 Å². The van der Waals surface area contributed by atoms with Gasteiger partial charge in [0, 0.05) is 6.42 Å². The summed E-state index contributed by atoms with van der Waals surface area (Å²) in [4.78, 5) is 16.0. The second-order valence-corrected chi connectivity index (χ2v) is 5.12. The molecule has 0 atom stereocenters. The molecule has 0 unspecified atom stereocenters. The summed E-state index contributed by atoms with van der Waals surface area (Å²) in [7, 11) is 0. The minimum atomic E-state index is -0.582. The van der Waals surface area contributed by atoms with Gasteiger partial charge in [-0.1, -0.05) is 6.92 Å². The molecule has 0 aliphatic rings. The third kappa shape index (κ3) is 2.92. The first-order valence-electron chi connectivity index (χ1n) is 6.49. The predicted octanol–water partition coefficient (Wildman–Crippen LogP) is 3.10. The monoisotopic (exact) mass is 355 g/mol. The van der Waals surface area contributed by atoms with Gasteiger partial charge in [-0.25, -0.2) is 14.2 Å². The van der Waals surface area contributed by atoms with Crippen molar-refractivity contribution >= 4 is 27.7 Å². The first-order valence-corrected chi connectivity index (χ1v) is 7.28. The summed E-state index contributed by atoms with van der Waals surface area (Å²) in [5.41, 5.74) is 6.56. The van der Waals surface area contributed by atoms with E-state index >= 15 is 0 Å². The van der Waals surface area contributed by atoms with Crippen molar-refractivity contribution in [2.45, 2.75) is 20.3 Å². The van der Waals surface area contributed by atoms with Crippen LogP contribution in [0.3, 0.4) is 0 Å². The number of benzene rings is 1. The van der Waals surface area contributed by atoms with Gasteiger partial charge < -0.3 is 10.5 Å². The Kier molecular flexibility index (Phi) is 4.62. The van der Waals surface area contributed by atoms with Crippen molar-refractivity contribution in [3.63, 3.8) is 0 Å². The Morgan fingerprint density at radius 3 is 2.76 bits per heavy atom. The number of ether oxygens (including phenoxy) is 1. The molecule has 2 N–H and O–H groups in total. The Bertz CT molecular complexity index is 685. The van der Waals surface area contributed by atoms with Crippen molar-refractivity contribution in [1.29, 1.82) is 0 Å². The molecule has 1 aromatic heterocycles. The Hall–Kier alpha value is -1.89. The summed E-state index contributed by atoms with van der Waals surface area (Å²) in [5.74, 6) is -0.286. The Balaban J connectivity index is 2.57. The summed E-state index contributed by atoms with van der Waals surface area (Å²) < 4.78 is 20.5. The highest BCUT2D eigenvalue weighted by Crippen LogP contribution is 2.25. The van der Waals surface area contributed by atoms with E-state index in [0.29, 0.717) is 22.4 Å². The molecule has 1 aromatic carbocycles. The van der Waals surface area contributed by atoms with Crippen LogP contribution < -0.4 is 5.73 Å². The molecular formula is C14H15BrFN3O2. The minimum absolute atomic E-state index is 0.0528. The number of imidazole rings is 1. The molecule has 7 heteroatoms. The first-order chi connectivity index (χ1) is 9.99. The van der Waals surface area contributed by atoms with Crippen LogP contribution in [0.4, 0.5) is 10.2 Å². The number of hydrogen-bond acceptors (Lipinski definition) is 4. The number of halogens is 2. The molecule has 21 heavy (non-hydrogen) atoms. The van der Waals surface area contributed by atoms with Crippen molar-refractivity contribution in [2.24, 2.45) is 0 Å². The maximum Gasteiger partial charge on any atom is 0.360 e. The molecule has 0 aliphatic carbocycles. The predicted molar refractivity (Wildman–Crippen MR) is 81.0 cm³/mol. The molecule has 0 amide bonds. The van der Waals surface area contributed by atoms with Crippen LogP contribution in [0.2, 0.25) is 0 Å². The standard InChI is InChI=1S/C14H15BrFN3O2/c1-3-11-18-12(14(20)21-4-2)13(17)19(11)8-5-6-9(15)10(16)7-8/h5-7H,3-4,17H2,1-2H3. The van der Waals surface area contributed by atoms with Gasteiger partial charge >= 0.3 is 5.97 Å². The number of nitrogens with two attached hydrogens (primary N) is 1. The lowest BCUT2D eigenvalue weighted by Crippen LogP contribution is -2.09. The van der Waals surface area contributed by atoms with Gasteiger partial charge in [0.05, 0.1) is 16.8 Å². The zero-order valence-corrected chi connectivity index (χ0v) is 13.3. The fraction of sp³-hybridized carbons (Fsp3) is 0.286. The van der Waals surface area contributed by atoms with Crippen molar-refractivity contribution < 1.29 is 13.9 Å². The van der Waals surface area contributed by atoms with E-state index in [-0.39, 0.29) is 18.1 Å². The third-order valence-electron chi connectivity index (χ3n) is 2.93. The maximum atomic E-state index is 13.7. The van der Waals surface area contributed by atoms with Gasteiger partial charge in [-0.15, -0.1) is 0 Å². The molecule has 5 nitrogen and oxygen atoms in total. The number of aryl methyl sites for hydroxylation is 1. The largest absolute Gasteiger partial charge is 0.461 e. The number of nitrogen functional groups attached to an aromatic ring is 1. The van der Waals surface area contributed by atoms with Crippen LogP contribution in [0, 0.1) is 5.82 Å². The molecular weight excluding hydrogens is 341 g/mol. The van der Waals surface area contributed by atoms with Gasteiger partial charge in [0.15, 0.2) is 5.69 Å². The lowest BCUT2D eigenvalue weighted by atomic mass is 10.3. The van der Waals surface area contributed by atoms with E-state index in [9.17, 15) is 9.18 Å². The van der Waals surface area contributed by atoms with Crippen LogP contribution in [0.1, 0.15) is 30.2 Å². The number of esters is 1. The number of anilines is 1. The number of carbonyl (C=O) groups excluding carboxylic acids is 1. The van der Waals surface area contributed by atoms with Crippen molar-refractivity contribution in [3.8, 4) is 5.69 Å². The van der Waals surface area contributed by atoms with Crippen LogP contribution in [0.5, 0.6) is 0 Å². The lowest BCUT2D eigenvalue weighted by Gasteiger charge is -2.09. The van der Waals surface area contributed by atoms with Gasteiger partial charge in [0.2, 0.25) is 0 Å². The molecule has 0 saturated heterocycles. The summed E-state index contributed by atoms with van der Waals surface area (Å²) >= 11 is 3.10. The van der Waals surface area contributed by atoms with Crippen molar-refractivity contribution in [3.05, 3.63) is 40.0 Å². The zero-order chi connectivity index (χ0) is 15.6. The van der Waals surface area contributed by atoms with Gasteiger partial charge in [-0.2, -0.15) is 0 Å². The molecule has 0 bridgehead atoms. The highest BCUT2D eigenvalue weighted by molar-refractivity contribution is 9.10. The topological polar surface area (TPSA) is 70.1 Å². The van der Waals surface area contributed by atoms with Crippen LogP contribution in [-0.2, 0) is 11.2 Å². The fourth-order valence-corrected chi connectivity index (χ4v) is 2.23. The summed E-state index contributed by atoms with van der Waals surface area (Å²) in [5, 5.41) is 0. The molecule has 0 spiro atoms. The van der Waals surface area contributed by atoms with Gasteiger partial charge in [-0.05, 0) is 41.1 Å². The average molecular weight is 356 g/mol. The molecule has 112 valence electrons. The number of carbonyl (C=O) groups is 1. The second kappa shape index (κ2) is 6.26. The zero-order valence-electron chi connectivity index (χ0n) is 11.7. The number of nitrogens with zero attached hydrogens (tertiary/aromatic N) is 2. The smallest absolute Gasteiger partial charge is 0.360 e. The van der Waals surface area contributed by atoms with Crippen molar-refractivity contribution in [1.82, 2.24) is 9.55 Å². The second-order valence-electron chi connectivity index (χ2n) is 4.27. The molecule has 0 saturated carbocycles. The molecule has 2 rings (SSSR count). The van der Waals surface area contributed by atoms with E-state index in [1.165, 1.54) is 6.07 Å². The van der Waals surface area contributed by atoms with E-state index in [4.69, 9.17) is 10.5 Å². The normalized spacial score (nSPS) is 10.7. The van der Waals surface area contributed by atoms with Crippen LogP contribution in [0.25, 0.3) is 5.69 Å². The average Bonchev–Trinajstić information content (AvgIpc) is 2.79. The molecule has 2 aromatic rings. The Morgan fingerprint density at radius 1 is 1.48 bits per heavy atom. The van der Waals surface area contributed by atoms with Gasteiger partial charge in [0.1, 0.15) is 17.5 Å². The van der Waals surface area contributed by atoms with Crippen molar-refractivity contribution in [2.75, 3.05) is 12.3 Å². The first kappa shape index (κ1) is 15.5. The van der Waals surface area contributed by atoms with E-state index in [0.717, 1.165) is 0 Å². The lowest BCUT2D eigenvalue weighted by molar-refractivity contribution is 0.0521. The Labute approximate surface area is 130 Å². The van der Waals surface area contributed by atoms with E-state index in [1.54, 1.807) is 23.6 Å². The molecule has 1 heterocycles. The Morgan fingerprint density at radius 2 is 2.19 bits per heavy atom. The number of aromatic nitrogens is 2. The maximum absolute atomic E-state index is 13.7. The SMILES string of the molecule is CCOC(=O)c1nc(CC)n(-c2ccc(Br)c(F)c2)c1N. The highest BCUT2D eigenvalue weighted by atomic mass is 79.9. The number of hydrogen-bond donors (Lipinski definition) is 1. The van der Waals surface area contributed by atoms with E-state index < -0.39 is 11.8 Å². The van der Waals surface area contributed by atoms with Crippen LogP contribution >= 0.6 is 15.9 Å². The summed E-state index contributed by atoms with van der Waals surface area (Å²) in [6.07, 6.45) is 0.543. The van der Waals surface area contributed by atoms with E-state index in [2.05, 4.69) is 20.9 Å². The highest BCUT2D eigenvalue weighted by Gasteiger charge is 2.22. The fourth-order valence-electron chi connectivity index (χ4n) is 1.98. The molecule has 0 radical (unpaired) electrons. The summed E-state index contributed by atoms with van der Waals surface area (Å²) in [6.45, 7) is 3.82. The van der Waals surface area contributed by atoms with Gasteiger partial charge in [-0.3, -0.25) is 4.57 Å². The quantitative estimate of drug-likeness (QED) is 0.855. The van der Waals surface area contributed by atoms with Crippen LogP contribution in [0.15, 0.2) is 22.7 Å².